The SMILES string of the molecule is C=CCOC(=O)C1=C(C(C)=C[C@@H]2CCCN2C(=O)OCC=C)C[C@@H]2[C@@H]([C@@H](C)O)C(=O)N12. The lowest BCUT2D eigenvalue weighted by atomic mass is 9.82. The van der Waals surface area contributed by atoms with E-state index in [1.807, 2.05) is 13.0 Å². The van der Waals surface area contributed by atoms with Gasteiger partial charge >= 0.3 is 12.1 Å². The Kier molecular flexibility index (Phi) is 7.00. The zero-order valence-corrected chi connectivity index (χ0v) is 18.1. The standard InChI is InChI=1S/C23H30N2O6/c1-5-10-30-22(28)20-17(13-18-19(15(4)26)21(27)25(18)20)14(3)12-16-8-7-9-24(16)23(29)31-11-6-2/h5-6,12,15-16,18-19,26H,1-2,7-11,13H2,3-4H3/t15-,16+,18-,19-/m1/s1. The summed E-state index contributed by atoms with van der Waals surface area (Å²) in [4.78, 5) is 40.8. The molecule has 4 atom stereocenters. The third-order valence-electron chi connectivity index (χ3n) is 6.03. The van der Waals surface area contributed by atoms with Crippen LogP contribution in [0.4, 0.5) is 4.79 Å². The van der Waals surface area contributed by atoms with Crippen LogP contribution in [0.3, 0.4) is 0 Å². The Labute approximate surface area is 182 Å². The van der Waals surface area contributed by atoms with Crippen molar-refractivity contribution in [1.82, 2.24) is 9.80 Å². The third kappa shape index (κ3) is 4.30. The van der Waals surface area contributed by atoms with Crippen LogP contribution in [0.5, 0.6) is 0 Å². The van der Waals surface area contributed by atoms with Gasteiger partial charge < -0.3 is 24.4 Å². The predicted octanol–water partition coefficient (Wildman–Crippen LogP) is 2.31. The Morgan fingerprint density at radius 3 is 2.58 bits per heavy atom. The lowest BCUT2D eigenvalue weighted by molar-refractivity contribution is -0.162. The second-order valence-corrected chi connectivity index (χ2v) is 8.08. The quantitative estimate of drug-likeness (QED) is 0.361. The van der Waals surface area contributed by atoms with Gasteiger partial charge in [-0.15, -0.1) is 0 Å². The number of nitrogens with zero attached hydrogens (tertiary/aromatic N) is 2. The largest absolute Gasteiger partial charge is 0.457 e. The number of rotatable bonds is 8. The van der Waals surface area contributed by atoms with E-state index >= 15 is 0 Å². The predicted molar refractivity (Wildman–Crippen MR) is 114 cm³/mol. The number of amides is 2. The number of allylic oxidation sites excluding steroid dienone is 1. The van der Waals surface area contributed by atoms with Gasteiger partial charge in [0.15, 0.2) is 0 Å². The molecule has 3 aliphatic heterocycles. The summed E-state index contributed by atoms with van der Waals surface area (Å²) in [6.45, 7) is 11.3. The number of aliphatic hydroxyl groups is 1. The maximum Gasteiger partial charge on any atom is 0.410 e. The highest BCUT2D eigenvalue weighted by Crippen LogP contribution is 2.46. The molecule has 2 saturated heterocycles. The fourth-order valence-electron chi connectivity index (χ4n) is 4.61. The van der Waals surface area contributed by atoms with Crippen LogP contribution in [0.1, 0.15) is 33.1 Å². The molecule has 2 fully saturated rings. The van der Waals surface area contributed by atoms with Gasteiger partial charge in [-0.3, -0.25) is 4.79 Å². The molecule has 0 unspecified atom stereocenters. The maximum absolute atomic E-state index is 12.8. The average molecular weight is 431 g/mol. The van der Waals surface area contributed by atoms with E-state index in [0.29, 0.717) is 18.5 Å². The van der Waals surface area contributed by atoms with Crippen molar-refractivity contribution in [3.8, 4) is 0 Å². The fourth-order valence-corrected chi connectivity index (χ4v) is 4.61. The van der Waals surface area contributed by atoms with Crippen molar-refractivity contribution < 1.29 is 29.0 Å². The van der Waals surface area contributed by atoms with Gasteiger partial charge in [0, 0.05) is 6.54 Å². The molecule has 0 aromatic heterocycles. The highest BCUT2D eigenvalue weighted by atomic mass is 16.6. The molecule has 8 heteroatoms. The van der Waals surface area contributed by atoms with Crippen LogP contribution in [0.25, 0.3) is 0 Å². The molecule has 3 aliphatic rings. The van der Waals surface area contributed by atoms with Gasteiger partial charge in [0.2, 0.25) is 5.91 Å². The molecule has 3 rings (SSSR count). The van der Waals surface area contributed by atoms with Gasteiger partial charge in [-0.05, 0) is 44.3 Å². The summed E-state index contributed by atoms with van der Waals surface area (Å²) in [6.07, 6.45) is 5.83. The highest BCUT2D eigenvalue weighted by molar-refractivity contribution is 6.01. The van der Waals surface area contributed by atoms with Crippen molar-refractivity contribution in [2.45, 2.75) is 51.3 Å². The van der Waals surface area contributed by atoms with E-state index in [-0.39, 0.29) is 36.9 Å². The zero-order chi connectivity index (χ0) is 22.7. The Morgan fingerprint density at radius 1 is 1.26 bits per heavy atom. The minimum Gasteiger partial charge on any atom is -0.457 e. The molecule has 0 spiro atoms. The molecule has 168 valence electrons. The Balaban J connectivity index is 1.88. The van der Waals surface area contributed by atoms with E-state index in [2.05, 4.69) is 13.2 Å². The summed E-state index contributed by atoms with van der Waals surface area (Å²) in [5.74, 6) is -1.40. The third-order valence-corrected chi connectivity index (χ3v) is 6.03. The van der Waals surface area contributed by atoms with Crippen LogP contribution >= 0.6 is 0 Å². The number of fused-ring (bicyclic) bond motifs is 1. The van der Waals surface area contributed by atoms with E-state index in [1.54, 1.807) is 11.8 Å². The first-order valence-corrected chi connectivity index (χ1v) is 10.6. The zero-order valence-electron chi connectivity index (χ0n) is 18.1. The monoisotopic (exact) mass is 430 g/mol. The van der Waals surface area contributed by atoms with Gasteiger partial charge in [0.25, 0.3) is 0 Å². The van der Waals surface area contributed by atoms with Crippen molar-refractivity contribution in [1.29, 1.82) is 0 Å². The van der Waals surface area contributed by atoms with Gasteiger partial charge in [-0.25, -0.2) is 9.59 Å². The van der Waals surface area contributed by atoms with Crippen LogP contribution in [-0.2, 0) is 19.1 Å². The lowest BCUT2D eigenvalue weighted by Crippen LogP contribution is -2.61. The highest BCUT2D eigenvalue weighted by Gasteiger charge is 2.57. The molecule has 1 N–H and O–H groups in total. The normalized spacial score (nSPS) is 26.4. The molecule has 0 bridgehead atoms. The van der Waals surface area contributed by atoms with Crippen LogP contribution in [0.15, 0.2) is 48.2 Å². The van der Waals surface area contributed by atoms with Crippen molar-refractivity contribution in [3.63, 3.8) is 0 Å². The Bertz CT molecular complexity index is 843. The van der Waals surface area contributed by atoms with Gasteiger partial charge in [0.05, 0.1) is 24.1 Å². The fraction of sp³-hybridized carbons (Fsp3) is 0.522. The molecule has 8 nitrogen and oxygen atoms in total. The topological polar surface area (TPSA) is 96.4 Å². The van der Waals surface area contributed by atoms with Gasteiger partial charge in [-0.2, -0.15) is 0 Å². The van der Waals surface area contributed by atoms with E-state index < -0.39 is 24.1 Å². The smallest absolute Gasteiger partial charge is 0.410 e. The first-order valence-electron chi connectivity index (χ1n) is 10.6. The number of β-lactam (4-membered cyclic amide) rings is 1. The number of hydrogen-bond donors (Lipinski definition) is 1. The first kappa shape index (κ1) is 22.8. The number of esters is 1. The van der Waals surface area contributed by atoms with Crippen LogP contribution in [0.2, 0.25) is 0 Å². The number of carbonyl (C=O) groups is 3. The van der Waals surface area contributed by atoms with Gasteiger partial charge in [-0.1, -0.05) is 31.4 Å². The minimum atomic E-state index is -0.798. The summed E-state index contributed by atoms with van der Waals surface area (Å²) < 4.78 is 10.4. The average Bonchev–Trinajstić information content (AvgIpc) is 3.32. The van der Waals surface area contributed by atoms with Crippen molar-refractivity contribution in [2.24, 2.45) is 5.92 Å². The number of aliphatic hydroxyl groups excluding tert-OH is 1. The van der Waals surface area contributed by atoms with Gasteiger partial charge in [0.1, 0.15) is 18.9 Å². The van der Waals surface area contributed by atoms with Crippen LogP contribution < -0.4 is 0 Å². The molecule has 0 saturated carbocycles. The van der Waals surface area contributed by atoms with E-state index in [1.165, 1.54) is 17.1 Å². The second-order valence-electron chi connectivity index (χ2n) is 8.08. The number of likely N-dealkylation sites (tertiary alicyclic amines) is 1. The molecular weight excluding hydrogens is 400 g/mol. The summed E-state index contributed by atoms with van der Waals surface area (Å²) in [7, 11) is 0. The molecule has 0 aliphatic carbocycles. The molecule has 3 heterocycles. The van der Waals surface area contributed by atoms with E-state index in [0.717, 1.165) is 18.4 Å². The second kappa shape index (κ2) is 9.51. The lowest BCUT2D eigenvalue weighted by Gasteiger charge is -2.44. The Hall–Kier alpha value is -2.87. The van der Waals surface area contributed by atoms with E-state index in [9.17, 15) is 19.5 Å². The maximum atomic E-state index is 12.8. The van der Waals surface area contributed by atoms with E-state index in [4.69, 9.17) is 9.47 Å². The molecular formula is C23H30N2O6. The Morgan fingerprint density at radius 2 is 1.94 bits per heavy atom. The summed E-state index contributed by atoms with van der Waals surface area (Å²) in [6, 6.07) is -0.429. The number of hydrogen-bond acceptors (Lipinski definition) is 6. The summed E-state index contributed by atoms with van der Waals surface area (Å²) >= 11 is 0. The summed E-state index contributed by atoms with van der Waals surface area (Å²) in [5, 5.41) is 10.0. The van der Waals surface area contributed by atoms with Crippen LogP contribution in [-0.4, -0.2) is 70.8 Å². The minimum absolute atomic E-state index is 0.0381. The number of ether oxygens (including phenoxy) is 2. The molecule has 0 aromatic carbocycles. The molecule has 2 amide bonds. The molecule has 0 aromatic rings. The van der Waals surface area contributed by atoms with Crippen molar-refractivity contribution in [2.75, 3.05) is 19.8 Å². The molecule has 0 radical (unpaired) electrons. The molecule has 31 heavy (non-hydrogen) atoms. The van der Waals surface area contributed by atoms with Crippen LogP contribution in [0, 0.1) is 5.92 Å². The summed E-state index contributed by atoms with van der Waals surface area (Å²) in [5.41, 5.74) is 1.74. The van der Waals surface area contributed by atoms with Crippen molar-refractivity contribution >= 4 is 18.0 Å². The first-order chi connectivity index (χ1) is 14.8. The van der Waals surface area contributed by atoms with Crippen molar-refractivity contribution in [3.05, 3.63) is 48.2 Å². The number of carbonyl (C=O) groups excluding carboxylic acids is 3.